The van der Waals surface area contributed by atoms with Crippen LogP contribution in [0.25, 0.3) is 0 Å². The van der Waals surface area contributed by atoms with E-state index in [9.17, 15) is 0 Å². The van der Waals surface area contributed by atoms with Crippen molar-refractivity contribution in [3.05, 3.63) is 28.8 Å². The van der Waals surface area contributed by atoms with Gasteiger partial charge in [0.05, 0.1) is 6.61 Å². The molecule has 0 radical (unpaired) electrons. The summed E-state index contributed by atoms with van der Waals surface area (Å²) in [5.74, 6) is 0.861. The van der Waals surface area contributed by atoms with E-state index >= 15 is 0 Å². The standard InChI is InChI=1S/C13H20ClNO2/c1-4-15-10(2)12-9-11(14)5-6-13(12)17-8-7-16-3/h5-6,9-10,15H,4,7-8H2,1-3H3. The molecule has 0 saturated heterocycles. The molecule has 0 saturated carbocycles. The van der Waals surface area contributed by atoms with Gasteiger partial charge in [0, 0.05) is 23.7 Å². The minimum Gasteiger partial charge on any atom is -0.491 e. The second-order valence-corrected chi connectivity index (χ2v) is 4.24. The van der Waals surface area contributed by atoms with Crippen molar-refractivity contribution in [3.63, 3.8) is 0 Å². The fraction of sp³-hybridized carbons (Fsp3) is 0.538. The van der Waals surface area contributed by atoms with E-state index in [2.05, 4.69) is 19.2 Å². The van der Waals surface area contributed by atoms with Crippen molar-refractivity contribution in [1.29, 1.82) is 0 Å². The molecule has 4 heteroatoms. The highest BCUT2D eigenvalue weighted by atomic mass is 35.5. The molecular weight excluding hydrogens is 238 g/mol. The highest BCUT2D eigenvalue weighted by molar-refractivity contribution is 6.30. The van der Waals surface area contributed by atoms with Crippen LogP contribution in [0.5, 0.6) is 5.75 Å². The Bertz CT molecular complexity index is 344. The van der Waals surface area contributed by atoms with Crippen molar-refractivity contribution in [1.82, 2.24) is 5.32 Å². The van der Waals surface area contributed by atoms with Crippen LogP contribution in [-0.4, -0.2) is 26.9 Å². The van der Waals surface area contributed by atoms with Gasteiger partial charge in [0.1, 0.15) is 12.4 Å². The Morgan fingerprint density at radius 1 is 1.35 bits per heavy atom. The third kappa shape index (κ3) is 4.54. The minimum absolute atomic E-state index is 0.219. The molecule has 0 heterocycles. The maximum absolute atomic E-state index is 6.01. The summed E-state index contributed by atoms with van der Waals surface area (Å²) in [6.45, 7) is 6.21. The number of benzene rings is 1. The predicted molar refractivity (Wildman–Crippen MR) is 70.9 cm³/mol. The average Bonchev–Trinajstić information content (AvgIpc) is 2.31. The van der Waals surface area contributed by atoms with E-state index in [1.54, 1.807) is 7.11 Å². The van der Waals surface area contributed by atoms with Crippen molar-refractivity contribution in [3.8, 4) is 5.75 Å². The van der Waals surface area contributed by atoms with Crippen LogP contribution in [-0.2, 0) is 4.74 Å². The lowest BCUT2D eigenvalue weighted by Gasteiger charge is -2.18. The van der Waals surface area contributed by atoms with Crippen LogP contribution in [0.4, 0.5) is 0 Å². The van der Waals surface area contributed by atoms with Crippen molar-refractivity contribution >= 4 is 11.6 Å². The first kappa shape index (κ1) is 14.3. The maximum Gasteiger partial charge on any atom is 0.124 e. The van der Waals surface area contributed by atoms with E-state index in [0.717, 1.165) is 22.9 Å². The van der Waals surface area contributed by atoms with Gasteiger partial charge >= 0.3 is 0 Å². The second kappa shape index (κ2) is 7.54. The highest BCUT2D eigenvalue weighted by Gasteiger charge is 2.11. The zero-order chi connectivity index (χ0) is 12.7. The molecule has 1 aromatic rings. The lowest BCUT2D eigenvalue weighted by Crippen LogP contribution is -2.19. The van der Waals surface area contributed by atoms with Crippen molar-refractivity contribution in [2.24, 2.45) is 0 Å². The van der Waals surface area contributed by atoms with Gasteiger partial charge in [0.15, 0.2) is 0 Å². The van der Waals surface area contributed by atoms with E-state index in [0.29, 0.717) is 13.2 Å². The van der Waals surface area contributed by atoms with Gasteiger partial charge in [-0.1, -0.05) is 18.5 Å². The molecule has 1 aromatic carbocycles. The lowest BCUT2D eigenvalue weighted by molar-refractivity contribution is 0.145. The van der Waals surface area contributed by atoms with Crippen molar-refractivity contribution in [2.45, 2.75) is 19.9 Å². The predicted octanol–water partition coefficient (Wildman–Crippen LogP) is 3.04. The molecule has 3 nitrogen and oxygen atoms in total. The van der Waals surface area contributed by atoms with Crippen molar-refractivity contribution < 1.29 is 9.47 Å². The van der Waals surface area contributed by atoms with E-state index in [1.807, 2.05) is 18.2 Å². The van der Waals surface area contributed by atoms with Gasteiger partial charge in [-0.3, -0.25) is 0 Å². The summed E-state index contributed by atoms with van der Waals surface area (Å²) in [5.41, 5.74) is 1.08. The Hall–Kier alpha value is -0.770. The van der Waals surface area contributed by atoms with E-state index in [4.69, 9.17) is 21.1 Å². The smallest absolute Gasteiger partial charge is 0.124 e. The summed E-state index contributed by atoms with van der Waals surface area (Å²) in [6, 6.07) is 5.90. The molecule has 1 N–H and O–H groups in total. The molecule has 96 valence electrons. The van der Waals surface area contributed by atoms with Gasteiger partial charge in [-0.25, -0.2) is 0 Å². The molecule has 17 heavy (non-hydrogen) atoms. The van der Waals surface area contributed by atoms with Crippen LogP contribution in [0.2, 0.25) is 5.02 Å². The molecule has 0 aliphatic carbocycles. The molecule has 1 atom stereocenters. The summed E-state index contributed by atoms with van der Waals surface area (Å²) >= 11 is 6.01. The van der Waals surface area contributed by atoms with Crippen LogP contribution in [0.3, 0.4) is 0 Å². The lowest BCUT2D eigenvalue weighted by atomic mass is 10.1. The second-order valence-electron chi connectivity index (χ2n) is 3.80. The quantitative estimate of drug-likeness (QED) is 0.762. The monoisotopic (exact) mass is 257 g/mol. The third-order valence-corrected chi connectivity index (χ3v) is 2.73. The van der Waals surface area contributed by atoms with Crippen LogP contribution < -0.4 is 10.1 Å². The minimum atomic E-state index is 0.219. The molecule has 1 rings (SSSR count). The first-order chi connectivity index (χ1) is 8.19. The summed E-state index contributed by atoms with van der Waals surface area (Å²) in [4.78, 5) is 0. The molecule has 1 unspecified atom stereocenters. The van der Waals surface area contributed by atoms with E-state index < -0.39 is 0 Å². The first-order valence-electron chi connectivity index (χ1n) is 5.83. The zero-order valence-corrected chi connectivity index (χ0v) is 11.4. The third-order valence-electron chi connectivity index (χ3n) is 2.49. The number of ether oxygens (including phenoxy) is 2. The number of nitrogens with one attached hydrogen (secondary N) is 1. The average molecular weight is 258 g/mol. The largest absolute Gasteiger partial charge is 0.491 e. The van der Waals surface area contributed by atoms with E-state index in [-0.39, 0.29) is 6.04 Å². The van der Waals surface area contributed by atoms with Crippen LogP contribution >= 0.6 is 11.6 Å². The SMILES string of the molecule is CCNC(C)c1cc(Cl)ccc1OCCOC. The summed E-state index contributed by atoms with van der Waals surface area (Å²) in [5, 5.41) is 4.08. The van der Waals surface area contributed by atoms with Gasteiger partial charge in [-0.2, -0.15) is 0 Å². The number of methoxy groups -OCH3 is 1. The number of hydrogen-bond donors (Lipinski definition) is 1. The summed E-state index contributed by atoms with van der Waals surface area (Å²) < 4.78 is 10.6. The summed E-state index contributed by atoms with van der Waals surface area (Å²) in [7, 11) is 1.66. The maximum atomic E-state index is 6.01. The normalized spacial score (nSPS) is 12.5. The Morgan fingerprint density at radius 3 is 2.76 bits per heavy atom. The molecule has 0 aliphatic heterocycles. The molecule has 0 aromatic heterocycles. The van der Waals surface area contributed by atoms with Crippen LogP contribution in [0, 0.1) is 0 Å². The van der Waals surface area contributed by atoms with Gasteiger partial charge < -0.3 is 14.8 Å². The number of hydrogen-bond acceptors (Lipinski definition) is 3. The highest BCUT2D eigenvalue weighted by Crippen LogP contribution is 2.28. The van der Waals surface area contributed by atoms with Gasteiger partial charge in [0.25, 0.3) is 0 Å². The molecule has 0 amide bonds. The van der Waals surface area contributed by atoms with Crippen LogP contribution in [0.15, 0.2) is 18.2 Å². The molecule has 0 spiro atoms. The van der Waals surface area contributed by atoms with E-state index in [1.165, 1.54) is 0 Å². The number of halogens is 1. The fourth-order valence-electron chi connectivity index (χ4n) is 1.64. The Labute approximate surface area is 108 Å². The molecule has 0 fully saturated rings. The Morgan fingerprint density at radius 2 is 2.12 bits per heavy atom. The van der Waals surface area contributed by atoms with Gasteiger partial charge in [-0.15, -0.1) is 0 Å². The molecule has 0 bridgehead atoms. The Kier molecular flexibility index (Phi) is 6.34. The Balaban J connectivity index is 2.79. The topological polar surface area (TPSA) is 30.5 Å². The molecule has 0 aliphatic rings. The van der Waals surface area contributed by atoms with Crippen molar-refractivity contribution in [2.75, 3.05) is 26.9 Å². The first-order valence-corrected chi connectivity index (χ1v) is 6.21. The molecular formula is C13H20ClNO2. The number of rotatable bonds is 7. The fourth-order valence-corrected chi connectivity index (χ4v) is 1.82. The van der Waals surface area contributed by atoms with Gasteiger partial charge in [0.2, 0.25) is 0 Å². The van der Waals surface area contributed by atoms with Crippen LogP contribution in [0.1, 0.15) is 25.5 Å². The van der Waals surface area contributed by atoms with Gasteiger partial charge in [-0.05, 0) is 31.7 Å². The summed E-state index contributed by atoms with van der Waals surface area (Å²) in [6.07, 6.45) is 0. The zero-order valence-electron chi connectivity index (χ0n) is 10.6.